The number of hydrogen-bond acceptors (Lipinski definition) is 6. The summed E-state index contributed by atoms with van der Waals surface area (Å²) in [7, 11) is 1.60. The highest BCUT2D eigenvalue weighted by molar-refractivity contribution is 7.14. The van der Waals surface area contributed by atoms with E-state index < -0.39 is 0 Å². The van der Waals surface area contributed by atoms with Crippen LogP contribution in [-0.2, 0) is 4.74 Å². The number of hydrogen-bond donors (Lipinski definition) is 1. The predicted octanol–water partition coefficient (Wildman–Crippen LogP) is 2.40. The topological polar surface area (TPSA) is 74.2 Å². The van der Waals surface area contributed by atoms with Crippen molar-refractivity contribution in [1.82, 2.24) is 10.1 Å². The van der Waals surface area contributed by atoms with Gasteiger partial charge in [0.15, 0.2) is 0 Å². The first-order chi connectivity index (χ1) is 7.63. The second kappa shape index (κ2) is 4.23. The van der Waals surface area contributed by atoms with Crippen molar-refractivity contribution in [3.63, 3.8) is 0 Å². The van der Waals surface area contributed by atoms with Gasteiger partial charge in [-0.05, 0) is 24.8 Å². The first-order valence-corrected chi connectivity index (χ1v) is 5.71. The van der Waals surface area contributed by atoms with Crippen LogP contribution < -0.4 is 5.73 Å². The van der Waals surface area contributed by atoms with Crippen molar-refractivity contribution in [1.29, 1.82) is 0 Å². The van der Waals surface area contributed by atoms with Crippen molar-refractivity contribution >= 4 is 17.0 Å². The minimum atomic E-state index is -0.181. The summed E-state index contributed by atoms with van der Waals surface area (Å²) in [5, 5.41) is 5.82. The molecular formula is C10H13N3O2S. The lowest BCUT2D eigenvalue weighted by atomic mass is 10.3. The smallest absolute Gasteiger partial charge is 0.270 e. The lowest BCUT2D eigenvalue weighted by Gasteiger charge is -2.00. The minimum Gasteiger partial charge on any atom is -0.397 e. The fraction of sp³-hybridized carbons (Fsp3) is 0.400. The summed E-state index contributed by atoms with van der Waals surface area (Å²) in [5.41, 5.74) is 7.63. The molecule has 1 unspecified atom stereocenters. The number of ether oxygens (including phenoxy) is 1. The molecule has 0 fully saturated rings. The third kappa shape index (κ3) is 1.81. The molecule has 6 heteroatoms. The molecule has 16 heavy (non-hydrogen) atoms. The molecule has 86 valence electrons. The summed E-state index contributed by atoms with van der Waals surface area (Å²) in [6.45, 7) is 3.81. The van der Waals surface area contributed by atoms with Gasteiger partial charge in [-0.15, -0.1) is 11.3 Å². The molecule has 0 radical (unpaired) electrons. The maximum atomic E-state index is 5.90. The monoisotopic (exact) mass is 239 g/mol. The van der Waals surface area contributed by atoms with Gasteiger partial charge in [-0.3, -0.25) is 0 Å². The first kappa shape index (κ1) is 11.1. The Morgan fingerprint density at radius 2 is 2.31 bits per heavy atom. The highest BCUT2D eigenvalue weighted by atomic mass is 32.1. The van der Waals surface area contributed by atoms with Crippen LogP contribution in [0.15, 0.2) is 9.90 Å². The normalized spacial score (nSPS) is 12.9. The highest BCUT2D eigenvalue weighted by Crippen LogP contribution is 2.34. The van der Waals surface area contributed by atoms with Crippen LogP contribution in [0.25, 0.3) is 10.8 Å². The van der Waals surface area contributed by atoms with Crippen LogP contribution in [0.5, 0.6) is 0 Å². The maximum absolute atomic E-state index is 5.90. The Hall–Kier alpha value is -1.40. The number of nitrogen functional groups attached to an aromatic ring is 1. The summed E-state index contributed by atoms with van der Waals surface area (Å²) in [6, 6.07) is 0. The van der Waals surface area contributed by atoms with E-state index in [1.165, 1.54) is 11.3 Å². The second-order valence-electron chi connectivity index (χ2n) is 3.50. The number of rotatable bonds is 3. The first-order valence-electron chi connectivity index (χ1n) is 4.83. The molecular weight excluding hydrogens is 226 g/mol. The molecule has 0 aliphatic carbocycles. The molecule has 0 aliphatic heterocycles. The van der Waals surface area contributed by atoms with E-state index in [-0.39, 0.29) is 6.10 Å². The molecule has 0 aromatic carbocycles. The zero-order chi connectivity index (χ0) is 11.7. The largest absolute Gasteiger partial charge is 0.397 e. The van der Waals surface area contributed by atoms with Gasteiger partial charge in [0.1, 0.15) is 11.0 Å². The van der Waals surface area contributed by atoms with Crippen molar-refractivity contribution < 1.29 is 9.26 Å². The van der Waals surface area contributed by atoms with Crippen molar-refractivity contribution in [3.05, 3.63) is 16.8 Å². The van der Waals surface area contributed by atoms with Gasteiger partial charge in [0, 0.05) is 7.11 Å². The summed E-state index contributed by atoms with van der Waals surface area (Å²) in [4.78, 5) is 5.07. The van der Waals surface area contributed by atoms with Crippen LogP contribution >= 0.6 is 11.3 Å². The van der Waals surface area contributed by atoms with Crippen molar-refractivity contribution in [2.45, 2.75) is 20.0 Å². The van der Waals surface area contributed by atoms with Crippen molar-refractivity contribution in [2.75, 3.05) is 12.8 Å². The summed E-state index contributed by atoms with van der Waals surface area (Å²) in [6.07, 6.45) is -0.181. The van der Waals surface area contributed by atoms with Crippen molar-refractivity contribution in [3.8, 4) is 10.8 Å². The minimum absolute atomic E-state index is 0.181. The Morgan fingerprint density at radius 3 is 2.88 bits per heavy atom. The summed E-state index contributed by atoms with van der Waals surface area (Å²) < 4.78 is 10.3. The van der Waals surface area contributed by atoms with Gasteiger partial charge >= 0.3 is 0 Å². The molecule has 0 aliphatic rings. The zero-order valence-corrected chi connectivity index (χ0v) is 10.2. The summed E-state index contributed by atoms with van der Waals surface area (Å²) in [5.74, 6) is 0.984. The number of nitrogens with zero attached hydrogens (tertiary/aromatic N) is 2. The quantitative estimate of drug-likeness (QED) is 0.890. The number of methoxy groups -OCH3 is 1. The maximum Gasteiger partial charge on any atom is 0.270 e. The van der Waals surface area contributed by atoms with Crippen LogP contribution in [0.1, 0.15) is 24.4 Å². The van der Waals surface area contributed by atoms with E-state index in [4.69, 9.17) is 15.0 Å². The van der Waals surface area contributed by atoms with Gasteiger partial charge in [-0.2, -0.15) is 4.98 Å². The molecule has 0 spiro atoms. The molecule has 0 amide bonds. The molecule has 2 aromatic heterocycles. The number of aromatic nitrogens is 2. The van der Waals surface area contributed by atoms with Crippen LogP contribution in [0, 0.1) is 6.92 Å². The van der Waals surface area contributed by atoms with Gasteiger partial charge < -0.3 is 15.0 Å². The third-order valence-corrected chi connectivity index (χ3v) is 3.48. The average Bonchev–Trinajstić information content (AvgIpc) is 2.87. The standard InChI is InChI=1S/C10H13N3O2S/c1-5-4-16-8(7(5)11)10-12-9(13-15-10)6(2)14-3/h4,6H,11H2,1-3H3. The van der Waals surface area contributed by atoms with Gasteiger partial charge in [-0.1, -0.05) is 5.16 Å². The Kier molecular flexibility index (Phi) is 2.93. The van der Waals surface area contributed by atoms with E-state index in [9.17, 15) is 0 Å². The Bertz CT molecular complexity index is 492. The third-order valence-electron chi connectivity index (χ3n) is 2.38. The van der Waals surface area contributed by atoms with Gasteiger partial charge in [0.2, 0.25) is 5.82 Å². The second-order valence-corrected chi connectivity index (χ2v) is 4.38. The molecule has 2 heterocycles. The molecule has 0 saturated heterocycles. The van der Waals surface area contributed by atoms with Gasteiger partial charge in [-0.25, -0.2) is 0 Å². The zero-order valence-electron chi connectivity index (χ0n) is 9.35. The summed E-state index contributed by atoms with van der Waals surface area (Å²) >= 11 is 1.50. The predicted molar refractivity (Wildman–Crippen MR) is 62.2 cm³/mol. The van der Waals surface area contributed by atoms with Crippen LogP contribution in [0.3, 0.4) is 0 Å². The van der Waals surface area contributed by atoms with Gasteiger partial charge in [0.05, 0.1) is 5.69 Å². The van der Waals surface area contributed by atoms with Gasteiger partial charge in [0.25, 0.3) is 5.89 Å². The molecule has 2 rings (SSSR count). The Morgan fingerprint density at radius 1 is 1.56 bits per heavy atom. The lowest BCUT2D eigenvalue weighted by molar-refractivity contribution is 0.109. The number of thiophene rings is 1. The molecule has 2 N–H and O–H groups in total. The number of nitrogens with two attached hydrogens (primary N) is 1. The van der Waals surface area contributed by atoms with Crippen molar-refractivity contribution in [2.24, 2.45) is 0 Å². The van der Waals surface area contributed by atoms with E-state index in [1.807, 2.05) is 19.2 Å². The molecule has 1 atom stereocenters. The van der Waals surface area contributed by atoms with E-state index >= 15 is 0 Å². The average molecular weight is 239 g/mol. The number of anilines is 1. The van der Waals surface area contributed by atoms with E-state index in [2.05, 4.69) is 10.1 Å². The van der Waals surface area contributed by atoms with E-state index in [1.54, 1.807) is 7.11 Å². The van der Waals surface area contributed by atoms with E-state index in [0.717, 1.165) is 10.4 Å². The van der Waals surface area contributed by atoms with Crippen LogP contribution in [0.4, 0.5) is 5.69 Å². The lowest BCUT2D eigenvalue weighted by Crippen LogP contribution is -1.97. The molecule has 5 nitrogen and oxygen atoms in total. The number of aryl methyl sites for hydroxylation is 1. The van der Waals surface area contributed by atoms with Crippen LogP contribution in [0.2, 0.25) is 0 Å². The Balaban J connectivity index is 2.35. The van der Waals surface area contributed by atoms with Crippen LogP contribution in [-0.4, -0.2) is 17.3 Å². The SMILES string of the molecule is COC(C)c1noc(-c2scc(C)c2N)n1. The molecule has 0 bridgehead atoms. The molecule has 0 saturated carbocycles. The fourth-order valence-electron chi connectivity index (χ4n) is 1.22. The van der Waals surface area contributed by atoms with E-state index in [0.29, 0.717) is 17.4 Å². The highest BCUT2D eigenvalue weighted by Gasteiger charge is 2.17. The fourth-order valence-corrected chi connectivity index (χ4v) is 2.11. The molecule has 2 aromatic rings. The Labute approximate surface area is 97.2 Å².